The Morgan fingerprint density at radius 1 is 1.14 bits per heavy atom. The van der Waals surface area contributed by atoms with Crippen LogP contribution in [0.5, 0.6) is 0 Å². The lowest BCUT2D eigenvalue weighted by molar-refractivity contribution is 0.167. The van der Waals surface area contributed by atoms with Crippen LogP contribution in [0.1, 0.15) is 65.2 Å². The summed E-state index contributed by atoms with van der Waals surface area (Å²) in [5.41, 5.74) is 2.28. The van der Waals surface area contributed by atoms with Crippen molar-refractivity contribution in [3.63, 3.8) is 0 Å². The van der Waals surface area contributed by atoms with Gasteiger partial charge in [-0.3, -0.25) is 0 Å². The van der Waals surface area contributed by atoms with Crippen LogP contribution in [0.25, 0.3) is 0 Å². The minimum atomic E-state index is 0.670. The van der Waals surface area contributed by atoms with Crippen molar-refractivity contribution >= 4 is 0 Å². The van der Waals surface area contributed by atoms with E-state index >= 15 is 0 Å². The lowest BCUT2D eigenvalue weighted by Gasteiger charge is -2.36. The predicted molar refractivity (Wildman–Crippen MR) is 93.6 cm³/mol. The van der Waals surface area contributed by atoms with Gasteiger partial charge < -0.3 is 5.32 Å². The highest BCUT2D eigenvalue weighted by atomic mass is 14.9. The molecular weight excluding hydrogens is 266 g/mol. The SMILES string of the molecule is C=C1CCC2C(C3CC(C)CC13)C2(C)C1CCCC(NC)C1. The van der Waals surface area contributed by atoms with E-state index < -0.39 is 0 Å². The summed E-state index contributed by atoms with van der Waals surface area (Å²) in [6.45, 7) is 9.64. The van der Waals surface area contributed by atoms with Gasteiger partial charge in [0.25, 0.3) is 0 Å². The number of hydrogen-bond donors (Lipinski definition) is 1. The van der Waals surface area contributed by atoms with E-state index in [0.717, 1.165) is 41.5 Å². The molecule has 8 unspecified atom stereocenters. The first-order valence-corrected chi connectivity index (χ1v) is 9.90. The van der Waals surface area contributed by atoms with Crippen molar-refractivity contribution in [3.05, 3.63) is 12.2 Å². The summed E-state index contributed by atoms with van der Waals surface area (Å²) in [4.78, 5) is 0. The first-order valence-electron chi connectivity index (χ1n) is 9.90. The molecule has 4 aliphatic carbocycles. The second-order valence-corrected chi connectivity index (χ2v) is 9.39. The zero-order valence-corrected chi connectivity index (χ0v) is 14.9. The molecule has 22 heavy (non-hydrogen) atoms. The summed E-state index contributed by atoms with van der Waals surface area (Å²) in [7, 11) is 2.17. The lowest BCUT2D eigenvalue weighted by Crippen LogP contribution is -2.35. The molecule has 0 aromatic rings. The number of rotatable bonds is 2. The summed E-state index contributed by atoms with van der Waals surface area (Å²) in [6, 6.07) is 0.786. The molecule has 0 saturated heterocycles. The largest absolute Gasteiger partial charge is 0.317 e. The maximum atomic E-state index is 4.48. The van der Waals surface area contributed by atoms with E-state index in [1.807, 2.05) is 0 Å². The molecule has 0 spiro atoms. The van der Waals surface area contributed by atoms with E-state index in [4.69, 9.17) is 0 Å². The monoisotopic (exact) mass is 301 g/mol. The standard InChI is InChI=1S/C21H35N/c1-13-10-17-14(2)8-9-19-20(18(17)11-13)21(19,3)15-6-5-7-16(12-15)22-4/h13,15-20,22H,2,5-12H2,1,3-4H3. The Hall–Kier alpha value is -0.300. The van der Waals surface area contributed by atoms with Crippen molar-refractivity contribution in [1.82, 2.24) is 5.32 Å². The average molecular weight is 302 g/mol. The van der Waals surface area contributed by atoms with Gasteiger partial charge in [-0.15, -0.1) is 0 Å². The Morgan fingerprint density at radius 3 is 2.73 bits per heavy atom. The van der Waals surface area contributed by atoms with Crippen molar-refractivity contribution in [2.75, 3.05) is 7.05 Å². The van der Waals surface area contributed by atoms with Crippen LogP contribution in [0.4, 0.5) is 0 Å². The molecule has 4 aliphatic rings. The van der Waals surface area contributed by atoms with Gasteiger partial charge in [0.15, 0.2) is 0 Å². The molecule has 0 amide bonds. The van der Waals surface area contributed by atoms with E-state index in [1.165, 1.54) is 51.4 Å². The molecule has 4 saturated carbocycles. The van der Waals surface area contributed by atoms with Crippen molar-refractivity contribution in [1.29, 1.82) is 0 Å². The fraction of sp³-hybridized carbons (Fsp3) is 0.905. The van der Waals surface area contributed by atoms with Gasteiger partial charge >= 0.3 is 0 Å². The molecule has 0 aromatic heterocycles. The Labute approximate surface area is 137 Å². The van der Waals surface area contributed by atoms with Crippen LogP contribution >= 0.6 is 0 Å². The van der Waals surface area contributed by atoms with E-state index in [-0.39, 0.29) is 0 Å². The fourth-order valence-corrected chi connectivity index (χ4v) is 7.23. The second kappa shape index (κ2) is 5.36. The third kappa shape index (κ3) is 2.14. The molecule has 0 radical (unpaired) electrons. The van der Waals surface area contributed by atoms with Gasteiger partial charge in [0.05, 0.1) is 0 Å². The molecular formula is C21H35N. The maximum Gasteiger partial charge on any atom is 0.00669 e. The van der Waals surface area contributed by atoms with Crippen LogP contribution in [0.2, 0.25) is 0 Å². The molecule has 1 nitrogen and oxygen atoms in total. The Kier molecular flexibility index (Phi) is 3.72. The molecule has 4 rings (SSSR count). The second-order valence-electron chi connectivity index (χ2n) is 9.39. The molecule has 124 valence electrons. The van der Waals surface area contributed by atoms with Gasteiger partial charge in [0.2, 0.25) is 0 Å². The molecule has 4 fully saturated rings. The Bertz CT molecular complexity index is 455. The van der Waals surface area contributed by atoms with Crippen LogP contribution in [0, 0.1) is 40.9 Å². The first kappa shape index (κ1) is 15.2. The third-order valence-corrected chi connectivity index (χ3v) is 8.41. The van der Waals surface area contributed by atoms with E-state index in [2.05, 4.69) is 32.8 Å². The summed E-state index contributed by atoms with van der Waals surface area (Å²) in [5.74, 6) is 5.82. The highest BCUT2D eigenvalue weighted by molar-refractivity contribution is 5.22. The van der Waals surface area contributed by atoms with Gasteiger partial charge in [0, 0.05) is 6.04 Å². The number of nitrogens with one attached hydrogen (secondary N) is 1. The normalized spacial score (nSPS) is 54.5. The zero-order valence-electron chi connectivity index (χ0n) is 14.9. The van der Waals surface area contributed by atoms with Gasteiger partial charge in [-0.2, -0.15) is 0 Å². The molecule has 0 aromatic carbocycles. The topological polar surface area (TPSA) is 12.0 Å². The van der Waals surface area contributed by atoms with Crippen LogP contribution in [0.3, 0.4) is 0 Å². The lowest BCUT2D eigenvalue weighted by atomic mass is 9.71. The smallest absolute Gasteiger partial charge is 0.00669 e. The molecule has 8 atom stereocenters. The summed E-state index contributed by atoms with van der Waals surface area (Å²) in [5, 5.41) is 3.57. The molecule has 0 bridgehead atoms. The number of hydrogen-bond acceptors (Lipinski definition) is 1. The van der Waals surface area contributed by atoms with Crippen LogP contribution in [-0.4, -0.2) is 13.1 Å². The fourth-order valence-electron chi connectivity index (χ4n) is 7.23. The van der Waals surface area contributed by atoms with Gasteiger partial charge in [-0.25, -0.2) is 0 Å². The van der Waals surface area contributed by atoms with Crippen molar-refractivity contribution in [3.8, 4) is 0 Å². The maximum absolute atomic E-state index is 4.48. The van der Waals surface area contributed by atoms with Crippen molar-refractivity contribution in [2.24, 2.45) is 40.9 Å². The van der Waals surface area contributed by atoms with Crippen molar-refractivity contribution < 1.29 is 0 Å². The average Bonchev–Trinajstić information content (AvgIpc) is 2.99. The number of fused-ring (bicyclic) bond motifs is 3. The van der Waals surface area contributed by atoms with Gasteiger partial charge in [-0.1, -0.05) is 32.4 Å². The predicted octanol–water partition coefficient (Wildman–Crippen LogP) is 5.03. The Balaban J connectivity index is 1.56. The Morgan fingerprint density at radius 2 is 1.95 bits per heavy atom. The first-order chi connectivity index (χ1) is 10.6. The van der Waals surface area contributed by atoms with Gasteiger partial charge in [0.1, 0.15) is 0 Å². The third-order valence-electron chi connectivity index (χ3n) is 8.41. The molecule has 1 N–H and O–H groups in total. The highest BCUT2D eigenvalue weighted by Gasteiger charge is 2.68. The summed E-state index contributed by atoms with van der Waals surface area (Å²) in [6.07, 6.45) is 11.5. The minimum Gasteiger partial charge on any atom is -0.317 e. The van der Waals surface area contributed by atoms with E-state index in [1.54, 1.807) is 5.57 Å². The van der Waals surface area contributed by atoms with Crippen LogP contribution < -0.4 is 5.32 Å². The summed E-state index contributed by atoms with van der Waals surface area (Å²) < 4.78 is 0. The van der Waals surface area contributed by atoms with Gasteiger partial charge in [-0.05, 0) is 92.9 Å². The van der Waals surface area contributed by atoms with Crippen LogP contribution in [0.15, 0.2) is 12.2 Å². The van der Waals surface area contributed by atoms with E-state index in [0.29, 0.717) is 5.41 Å². The molecule has 0 aliphatic heterocycles. The molecule has 1 heteroatoms. The molecule has 0 heterocycles. The summed E-state index contributed by atoms with van der Waals surface area (Å²) >= 11 is 0. The minimum absolute atomic E-state index is 0.670. The quantitative estimate of drug-likeness (QED) is 0.705. The highest BCUT2D eigenvalue weighted by Crippen LogP contribution is 2.74. The van der Waals surface area contributed by atoms with Crippen LogP contribution in [-0.2, 0) is 0 Å². The zero-order chi connectivity index (χ0) is 15.5. The van der Waals surface area contributed by atoms with E-state index in [9.17, 15) is 0 Å². The number of allylic oxidation sites excluding steroid dienone is 1. The van der Waals surface area contributed by atoms with Crippen molar-refractivity contribution in [2.45, 2.75) is 71.3 Å².